The smallest absolute Gasteiger partial charge is 0.234 e. The van der Waals surface area contributed by atoms with Gasteiger partial charge in [0.15, 0.2) is 10.6 Å². The highest BCUT2D eigenvalue weighted by Gasteiger charge is 2.16. The summed E-state index contributed by atoms with van der Waals surface area (Å²) in [5.41, 5.74) is 0. The second-order valence-electron chi connectivity index (χ2n) is 2.05. The molecule has 0 spiro atoms. The molecule has 1 aromatic rings. The van der Waals surface area contributed by atoms with Crippen LogP contribution in [-0.4, -0.2) is 21.6 Å². The quantitative estimate of drug-likeness (QED) is 0.596. The lowest BCUT2D eigenvalue weighted by Crippen LogP contribution is -2.10. The molecule has 1 aromatic heterocycles. The van der Waals surface area contributed by atoms with Gasteiger partial charge in [-0.05, 0) is 0 Å². The third kappa shape index (κ3) is 2.40. The summed E-state index contributed by atoms with van der Waals surface area (Å²) < 4.78 is 0.271. The lowest BCUT2D eigenvalue weighted by molar-refractivity contribution is -0.491. The maximum atomic E-state index is 9.99. The van der Waals surface area contributed by atoms with E-state index in [2.05, 4.69) is 4.98 Å². The minimum atomic E-state index is -1.11. The van der Waals surface area contributed by atoms with E-state index in [0.717, 1.165) is 11.3 Å². The number of nitro groups is 1. The number of thiazole rings is 1. The van der Waals surface area contributed by atoms with Gasteiger partial charge in [-0.1, -0.05) is 11.6 Å². The molecule has 1 rings (SSSR count). The summed E-state index contributed by atoms with van der Waals surface area (Å²) in [5, 5.41) is 19.2. The minimum Gasteiger partial charge on any atom is -0.381 e. The van der Waals surface area contributed by atoms with Gasteiger partial charge in [-0.25, -0.2) is 4.98 Å². The zero-order chi connectivity index (χ0) is 9.14. The van der Waals surface area contributed by atoms with Gasteiger partial charge >= 0.3 is 0 Å². The van der Waals surface area contributed by atoms with Crippen molar-refractivity contribution < 1.29 is 10.0 Å². The zero-order valence-electron chi connectivity index (χ0n) is 5.81. The molecule has 1 N–H and O–H groups in total. The molecule has 0 aliphatic rings. The standard InChI is InChI=1S/C5H5ClN2O3S/c6-5-7-1-4(12-5)3(9)2-8(10)11/h1,3,9H,2H2. The second-order valence-corrected chi connectivity index (χ2v) is 3.69. The number of aliphatic hydroxyl groups excluding tert-OH is 1. The van der Waals surface area contributed by atoms with Gasteiger partial charge < -0.3 is 5.11 Å². The molecule has 0 aromatic carbocycles. The molecule has 12 heavy (non-hydrogen) atoms. The van der Waals surface area contributed by atoms with E-state index in [4.69, 9.17) is 11.6 Å². The normalized spacial score (nSPS) is 12.8. The monoisotopic (exact) mass is 208 g/mol. The van der Waals surface area contributed by atoms with Crippen LogP contribution in [0, 0.1) is 10.1 Å². The van der Waals surface area contributed by atoms with Crippen molar-refractivity contribution in [2.75, 3.05) is 6.54 Å². The highest BCUT2D eigenvalue weighted by molar-refractivity contribution is 7.15. The van der Waals surface area contributed by atoms with Gasteiger partial charge in [-0.15, -0.1) is 11.3 Å². The number of aliphatic hydroxyl groups is 1. The Morgan fingerprint density at radius 1 is 1.92 bits per heavy atom. The Kier molecular flexibility index (Phi) is 2.96. The van der Waals surface area contributed by atoms with Crippen molar-refractivity contribution >= 4 is 22.9 Å². The van der Waals surface area contributed by atoms with Crippen LogP contribution in [0.4, 0.5) is 0 Å². The average Bonchev–Trinajstić information content (AvgIpc) is 2.34. The predicted molar refractivity (Wildman–Crippen MR) is 43.9 cm³/mol. The highest BCUT2D eigenvalue weighted by Crippen LogP contribution is 2.23. The Hall–Kier alpha value is -0.720. The average molecular weight is 209 g/mol. The SMILES string of the molecule is O=[N+]([O-])CC(O)c1cnc(Cl)s1. The van der Waals surface area contributed by atoms with Crippen LogP contribution < -0.4 is 0 Å². The highest BCUT2D eigenvalue weighted by atomic mass is 35.5. The molecule has 1 atom stereocenters. The molecule has 0 amide bonds. The van der Waals surface area contributed by atoms with Gasteiger partial charge in [-0.2, -0.15) is 0 Å². The number of hydrogen-bond donors (Lipinski definition) is 1. The Labute approximate surface area is 76.8 Å². The lowest BCUT2D eigenvalue weighted by atomic mass is 10.3. The third-order valence-corrected chi connectivity index (χ3v) is 2.36. The van der Waals surface area contributed by atoms with E-state index in [9.17, 15) is 15.2 Å². The van der Waals surface area contributed by atoms with Crippen molar-refractivity contribution in [1.82, 2.24) is 4.98 Å². The van der Waals surface area contributed by atoms with Gasteiger partial charge in [0, 0.05) is 11.1 Å². The van der Waals surface area contributed by atoms with Crippen LogP contribution in [0.15, 0.2) is 6.20 Å². The third-order valence-electron chi connectivity index (χ3n) is 1.15. The van der Waals surface area contributed by atoms with E-state index >= 15 is 0 Å². The van der Waals surface area contributed by atoms with Crippen LogP contribution in [0.25, 0.3) is 0 Å². The minimum absolute atomic E-state index is 0.271. The Balaban J connectivity index is 2.64. The first kappa shape index (κ1) is 9.37. The summed E-state index contributed by atoms with van der Waals surface area (Å²) in [4.78, 5) is 13.5. The van der Waals surface area contributed by atoms with Crippen LogP contribution in [0.2, 0.25) is 4.47 Å². The fourth-order valence-electron chi connectivity index (χ4n) is 0.650. The van der Waals surface area contributed by atoms with E-state index in [1.165, 1.54) is 6.20 Å². The molecule has 66 valence electrons. The molecule has 0 fully saturated rings. The summed E-state index contributed by atoms with van der Waals surface area (Å²) in [7, 11) is 0. The van der Waals surface area contributed by atoms with Gasteiger partial charge in [0.05, 0.1) is 4.88 Å². The van der Waals surface area contributed by atoms with Crippen molar-refractivity contribution in [2.24, 2.45) is 0 Å². The van der Waals surface area contributed by atoms with Crippen molar-refractivity contribution in [3.05, 3.63) is 25.7 Å². The van der Waals surface area contributed by atoms with Crippen LogP contribution in [-0.2, 0) is 0 Å². The van der Waals surface area contributed by atoms with E-state index < -0.39 is 17.6 Å². The van der Waals surface area contributed by atoms with Crippen LogP contribution in [0.3, 0.4) is 0 Å². The van der Waals surface area contributed by atoms with Gasteiger partial charge in [0.1, 0.15) is 0 Å². The van der Waals surface area contributed by atoms with E-state index in [1.807, 2.05) is 0 Å². The maximum Gasteiger partial charge on any atom is 0.234 e. The van der Waals surface area contributed by atoms with E-state index in [1.54, 1.807) is 0 Å². The summed E-state index contributed by atoms with van der Waals surface area (Å²) in [6.45, 7) is -0.515. The zero-order valence-corrected chi connectivity index (χ0v) is 7.38. The molecule has 1 unspecified atom stereocenters. The Bertz CT molecular complexity index is 290. The molecule has 5 nitrogen and oxygen atoms in total. The van der Waals surface area contributed by atoms with Gasteiger partial charge in [0.2, 0.25) is 6.54 Å². The second kappa shape index (κ2) is 3.79. The van der Waals surface area contributed by atoms with Crippen molar-refractivity contribution in [1.29, 1.82) is 0 Å². The Morgan fingerprint density at radius 3 is 3.00 bits per heavy atom. The fourth-order valence-corrected chi connectivity index (χ4v) is 1.58. The molecule has 7 heteroatoms. The predicted octanol–water partition coefficient (Wildman–Crippen LogP) is 1.11. The van der Waals surface area contributed by atoms with Gasteiger partial charge in [-0.3, -0.25) is 10.1 Å². The fraction of sp³-hybridized carbons (Fsp3) is 0.400. The summed E-state index contributed by atoms with van der Waals surface area (Å²) in [5.74, 6) is 0. The van der Waals surface area contributed by atoms with Crippen molar-refractivity contribution in [2.45, 2.75) is 6.10 Å². The van der Waals surface area contributed by atoms with Crippen molar-refractivity contribution in [3.63, 3.8) is 0 Å². The number of hydrogen-bond acceptors (Lipinski definition) is 5. The van der Waals surface area contributed by atoms with Crippen LogP contribution in [0.1, 0.15) is 11.0 Å². The van der Waals surface area contributed by atoms with E-state index in [-0.39, 0.29) is 4.47 Å². The van der Waals surface area contributed by atoms with Crippen molar-refractivity contribution in [3.8, 4) is 0 Å². The molecule has 1 heterocycles. The first-order chi connectivity index (χ1) is 5.59. The summed E-state index contributed by atoms with van der Waals surface area (Å²) >= 11 is 6.51. The molecule has 0 radical (unpaired) electrons. The van der Waals surface area contributed by atoms with Crippen LogP contribution in [0.5, 0.6) is 0 Å². The summed E-state index contributed by atoms with van der Waals surface area (Å²) in [6, 6.07) is 0. The number of nitrogens with zero attached hydrogens (tertiary/aromatic N) is 2. The molecular weight excluding hydrogens is 204 g/mol. The molecule has 0 bridgehead atoms. The van der Waals surface area contributed by atoms with Gasteiger partial charge in [0.25, 0.3) is 0 Å². The first-order valence-corrected chi connectivity index (χ1v) is 4.20. The lowest BCUT2D eigenvalue weighted by Gasteiger charge is -1.99. The van der Waals surface area contributed by atoms with Crippen LogP contribution >= 0.6 is 22.9 Å². The van der Waals surface area contributed by atoms with E-state index in [0.29, 0.717) is 4.88 Å². The first-order valence-electron chi connectivity index (χ1n) is 3.00. The molecule has 0 aliphatic heterocycles. The largest absolute Gasteiger partial charge is 0.381 e. The molecule has 0 saturated heterocycles. The summed E-state index contributed by atoms with van der Waals surface area (Å²) in [6.07, 6.45) is 0.228. The number of rotatable bonds is 3. The maximum absolute atomic E-state index is 9.99. The number of aromatic nitrogens is 1. The molecule has 0 aliphatic carbocycles. The number of halogens is 1. The topological polar surface area (TPSA) is 76.3 Å². The Morgan fingerprint density at radius 2 is 2.58 bits per heavy atom. The molecule has 0 saturated carbocycles. The molecular formula is C5H5ClN2O3S.